The Balaban J connectivity index is 1.22. The molecular formula is C22H21F6N7O3. The number of pyridine rings is 1. The molecule has 0 spiro atoms. The van der Waals surface area contributed by atoms with Crippen LogP contribution in [0.4, 0.5) is 37.8 Å². The summed E-state index contributed by atoms with van der Waals surface area (Å²) in [6.07, 6.45) is -7.72. The third-order valence-corrected chi connectivity index (χ3v) is 6.12. The number of H-pyrrole nitrogens is 1. The molecule has 2 aliphatic rings. The summed E-state index contributed by atoms with van der Waals surface area (Å²) in [5, 5.41) is 12.3. The minimum atomic E-state index is -4.86. The van der Waals surface area contributed by atoms with Crippen LogP contribution in [0.2, 0.25) is 0 Å². The van der Waals surface area contributed by atoms with Crippen molar-refractivity contribution in [3.05, 3.63) is 57.4 Å². The summed E-state index contributed by atoms with van der Waals surface area (Å²) in [6.45, 7) is 2.68. The average Bonchev–Trinajstić information content (AvgIpc) is 3.25. The molecule has 5 rings (SSSR count). The first-order chi connectivity index (χ1) is 17.9. The fourth-order valence-corrected chi connectivity index (χ4v) is 4.47. The molecule has 0 aromatic carbocycles. The highest BCUT2D eigenvalue weighted by Gasteiger charge is 2.39. The second kappa shape index (κ2) is 9.49. The van der Waals surface area contributed by atoms with Gasteiger partial charge in [0.25, 0.3) is 5.56 Å². The number of aromatic amines is 1. The summed E-state index contributed by atoms with van der Waals surface area (Å²) in [5.41, 5.74) is -2.72. The van der Waals surface area contributed by atoms with Crippen molar-refractivity contribution in [2.75, 3.05) is 30.0 Å². The summed E-state index contributed by atoms with van der Waals surface area (Å²) in [4.78, 5) is 17.5. The summed E-state index contributed by atoms with van der Waals surface area (Å²) in [5.74, 6) is 0.394. The predicted molar refractivity (Wildman–Crippen MR) is 120 cm³/mol. The predicted octanol–water partition coefficient (Wildman–Crippen LogP) is 3.37. The van der Waals surface area contributed by atoms with E-state index in [1.54, 1.807) is 22.8 Å². The van der Waals surface area contributed by atoms with Crippen molar-refractivity contribution in [1.82, 2.24) is 25.0 Å². The quantitative estimate of drug-likeness (QED) is 0.454. The Morgan fingerprint density at radius 2 is 1.97 bits per heavy atom. The van der Waals surface area contributed by atoms with Crippen LogP contribution in [0.15, 0.2) is 29.3 Å². The van der Waals surface area contributed by atoms with Gasteiger partial charge >= 0.3 is 12.4 Å². The van der Waals surface area contributed by atoms with Gasteiger partial charge in [-0.3, -0.25) is 9.48 Å². The molecule has 0 aliphatic carbocycles. The smallest absolute Gasteiger partial charge is 0.423 e. The maximum absolute atomic E-state index is 13.2. The highest BCUT2D eigenvalue weighted by atomic mass is 19.4. The minimum absolute atomic E-state index is 0.00376. The van der Waals surface area contributed by atoms with Crippen LogP contribution in [0.3, 0.4) is 0 Å². The zero-order valence-electron chi connectivity index (χ0n) is 19.7. The Kier molecular flexibility index (Phi) is 6.44. The zero-order valence-corrected chi connectivity index (χ0v) is 19.7. The minimum Gasteiger partial charge on any atom is -0.487 e. The Hall–Kier alpha value is -3.82. The van der Waals surface area contributed by atoms with E-state index in [9.17, 15) is 31.1 Å². The monoisotopic (exact) mass is 545 g/mol. The van der Waals surface area contributed by atoms with Gasteiger partial charge in [-0.2, -0.15) is 36.5 Å². The van der Waals surface area contributed by atoms with Crippen LogP contribution in [0.25, 0.3) is 0 Å². The van der Waals surface area contributed by atoms with Gasteiger partial charge in [-0.05, 0) is 19.1 Å². The van der Waals surface area contributed by atoms with Gasteiger partial charge in [0.05, 0.1) is 48.6 Å². The Morgan fingerprint density at radius 3 is 2.71 bits per heavy atom. The average molecular weight is 545 g/mol. The topological polar surface area (TPSA) is 110 Å². The molecule has 0 saturated carbocycles. The van der Waals surface area contributed by atoms with Crippen molar-refractivity contribution in [1.29, 1.82) is 0 Å². The van der Waals surface area contributed by atoms with Crippen molar-refractivity contribution < 1.29 is 35.8 Å². The molecule has 2 aliphatic heterocycles. The molecule has 1 unspecified atom stereocenters. The van der Waals surface area contributed by atoms with E-state index in [2.05, 4.69) is 20.5 Å². The second-order valence-electron chi connectivity index (χ2n) is 8.89. The number of hydrogen-bond acceptors (Lipinski definition) is 8. The first-order valence-electron chi connectivity index (χ1n) is 11.4. The largest absolute Gasteiger partial charge is 0.487 e. The van der Waals surface area contributed by atoms with Gasteiger partial charge < -0.3 is 19.7 Å². The van der Waals surface area contributed by atoms with Gasteiger partial charge in [-0.1, -0.05) is 0 Å². The molecule has 204 valence electrons. The molecule has 2 atom stereocenters. The standard InChI is InChI=1S/C22H21F6N7O3/c1-11(31-14-7-30-32-20(36)18(14)22(26,27)28)8-37-9-13-5-15-16-10-38-17-4-12(21(23,24)25)6-29-19(17)34(16)2-3-35(15)33-13/h4-7,11,16H,2-3,8-10H2,1H3,(H2,31,32,36)/t11-,16?/m0/s1. The van der Waals surface area contributed by atoms with E-state index in [0.717, 1.165) is 24.2 Å². The Morgan fingerprint density at radius 1 is 1.18 bits per heavy atom. The van der Waals surface area contributed by atoms with E-state index in [1.165, 1.54) is 0 Å². The molecule has 0 amide bonds. The molecule has 0 radical (unpaired) electrons. The normalized spacial score (nSPS) is 17.8. The lowest BCUT2D eigenvalue weighted by Gasteiger charge is -2.40. The Labute approximate surface area is 210 Å². The number of nitrogens with zero attached hydrogens (tertiary/aromatic N) is 5. The van der Waals surface area contributed by atoms with Gasteiger partial charge in [-0.15, -0.1) is 0 Å². The molecule has 10 nitrogen and oxygen atoms in total. The fourth-order valence-electron chi connectivity index (χ4n) is 4.47. The number of alkyl halides is 6. The lowest BCUT2D eigenvalue weighted by Crippen LogP contribution is -2.44. The van der Waals surface area contributed by atoms with Crippen LogP contribution in [0.1, 0.15) is 35.5 Å². The van der Waals surface area contributed by atoms with Crippen molar-refractivity contribution in [3.8, 4) is 5.75 Å². The van der Waals surface area contributed by atoms with E-state index in [-0.39, 0.29) is 31.6 Å². The van der Waals surface area contributed by atoms with E-state index in [4.69, 9.17) is 9.47 Å². The van der Waals surface area contributed by atoms with E-state index in [1.807, 2.05) is 4.90 Å². The van der Waals surface area contributed by atoms with Crippen LogP contribution in [0, 0.1) is 0 Å². The van der Waals surface area contributed by atoms with Crippen molar-refractivity contribution in [2.45, 2.75) is 44.5 Å². The molecule has 3 aromatic heterocycles. The fraction of sp³-hybridized carbons (Fsp3) is 0.455. The second-order valence-corrected chi connectivity index (χ2v) is 8.89. The number of nitrogens with one attached hydrogen (secondary N) is 2. The van der Waals surface area contributed by atoms with Crippen LogP contribution < -0.4 is 20.5 Å². The number of rotatable bonds is 6. The Bertz CT molecular complexity index is 1390. The SMILES string of the molecule is C[C@@H](COCc1cc2n(n1)CCN1c3ncc(C(F)(F)F)cc3OCC21)Nc1cn[nH]c(=O)c1C(F)(F)F. The van der Waals surface area contributed by atoms with Crippen molar-refractivity contribution in [3.63, 3.8) is 0 Å². The lowest BCUT2D eigenvalue weighted by molar-refractivity contribution is -0.138. The summed E-state index contributed by atoms with van der Waals surface area (Å²) >= 11 is 0. The van der Waals surface area contributed by atoms with Gasteiger partial charge in [-0.25, -0.2) is 10.1 Å². The van der Waals surface area contributed by atoms with Crippen molar-refractivity contribution >= 4 is 11.5 Å². The van der Waals surface area contributed by atoms with Crippen LogP contribution in [-0.4, -0.2) is 50.8 Å². The molecule has 0 saturated heterocycles. The molecule has 5 heterocycles. The summed E-state index contributed by atoms with van der Waals surface area (Å²) in [6, 6.07) is 1.82. The highest BCUT2D eigenvalue weighted by molar-refractivity contribution is 5.57. The number of fused-ring (bicyclic) bond motifs is 5. The molecular weight excluding hydrogens is 524 g/mol. The number of hydrogen-bond donors (Lipinski definition) is 2. The summed E-state index contributed by atoms with van der Waals surface area (Å²) in [7, 11) is 0. The van der Waals surface area contributed by atoms with Gasteiger partial charge in [0.2, 0.25) is 0 Å². The van der Waals surface area contributed by atoms with Gasteiger partial charge in [0, 0.05) is 18.8 Å². The molecule has 0 bridgehead atoms. The lowest BCUT2D eigenvalue weighted by atomic mass is 10.1. The van der Waals surface area contributed by atoms with E-state index >= 15 is 0 Å². The molecule has 3 aromatic rings. The summed E-state index contributed by atoms with van der Waals surface area (Å²) < 4.78 is 91.8. The highest BCUT2D eigenvalue weighted by Crippen LogP contribution is 2.42. The van der Waals surface area contributed by atoms with Crippen LogP contribution in [-0.2, 0) is 30.2 Å². The number of aromatic nitrogens is 5. The van der Waals surface area contributed by atoms with Gasteiger partial charge in [0.15, 0.2) is 11.6 Å². The third kappa shape index (κ3) is 4.99. The zero-order chi connectivity index (χ0) is 27.2. The number of anilines is 2. The third-order valence-electron chi connectivity index (χ3n) is 6.12. The maximum atomic E-state index is 13.2. The molecule has 16 heteroatoms. The van der Waals surface area contributed by atoms with Gasteiger partial charge in [0.1, 0.15) is 18.2 Å². The van der Waals surface area contributed by atoms with Crippen LogP contribution >= 0.6 is 0 Å². The first kappa shape index (κ1) is 25.8. The number of ether oxygens (including phenoxy) is 2. The van der Waals surface area contributed by atoms with Crippen LogP contribution in [0.5, 0.6) is 5.75 Å². The first-order valence-corrected chi connectivity index (χ1v) is 11.4. The molecule has 0 fully saturated rings. The molecule has 2 N–H and O–H groups in total. The molecule has 38 heavy (non-hydrogen) atoms. The van der Waals surface area contributed by atoms with Crippen molar-refractivity contribution in [2.24, 2.45) is 0 Å². The van der Waals surface area contributed by atoms with E-state index in [0.29, 0.717) is 24.6 Å². The number of halogens is 6. The maximum Gasteiger partial charge on any atom is 0.423 e. The van der Waals surface area contributed by atoms with E-state index < -0.39 is 40.8 Å².